The highest BCUT2D eigenvalue weighted by molar-refractivity contribution is 5.41. The number of hydrogen-bond donors (Lipinski definition) is 0. The minimum atomic E-state index is -0.304. The van der Waals surface area contributed by atoms with Crippen LogP contribution >= 0.6 is 0 Å². The number of para-hydroxylation sites is 1. The van der Waals surface area contributed by atoms with Crippen LogP contribution < -0.4 is 5.23 Å². The lowest BCUT2D eigenvalue weighted by Crippen LogP contribution is -2.39. The van der Waals surface area contributed by atoms with E-state index in [1.54, 1.807) is 0 Å². The molecule has 0 bridgehead atoms. The van der Waals surface area contributed by atoms with Crippen LogP contribution in [0.15, 0.2) is 30.3 Å². The van der Waals surface area contributed by atoms with Crippen LogP contribution in [0, 0.1) is 0 Å². The third-order valence-electron chi connectivity index (χ3n) is 1.68. The predicted molar refractivity (Wildman–Crippen MR) is 70.6 cm³/mol. The van der Waals surface area contributed by atoms with Crippen LogP contribution in [0.25, 0.3) is 0 Å². The Morgan fingerprint density at radius 3 is 1.53 bits per heavy atom. The van der Waals surface area contributed by atoms with E-state index in [0.29, 0.717) is 0 Å². The van der Waals surface area contributed by atoms with Crippen molar-refractivity contribution in [2.45, 2.75) is 52.7 Å². The van der Waals surface area contributed by atoms with Crippen molar-refractivity contribution >= 4 is 5.69 Å². The fourth-order valence-electron chi connectivity index (χ4n) is 1.17. The first-order valence-electron chi connectivity index (χ1n) is 5.91. The summed E-state index contributed by atoms with van der Waals surface area (Å²) in [6.07, 6.45) is 0. The van der Waals surface area contributed by atoms with Gasteiger partial charge >= 0.3 is 0 Å². The minimum Gasteiger partial charge on any atom is -0.243 e. The summed E-state index contributed by atoms with van der Waals surface area (Å²) in [5, 5.41) is 1.50. The van der Waals surface area contributed by atoms with E-state index in [9.17, 15) is 0 Å². The molecule has 0 saturated heterocycles. The summed E-state index contributed by atoms with van der Waals surface area (Å²) >= 11 is 0. The summed E-state index contributed by atoms with van der Waals surface area (Å²) in [5.74, 6) is 0. The molecule has 1 aromatic rings. The standard InChI is InChI=1S/C14H23NO2/c1-13(2,3)16-15(17-14(4,5)6)12-10-8-7-9-11-12/h7-11H,1-6H3. The zero-order valence-corrected chi connectivity index (χ0v) is 11.7. The van der Waals surface area contributed by atoms with E-state index in [1.807, 2.05) is 71.9 Å². The fraction of sp³-hybridized carbons (Fsp3) is 0.571. The first-order chi connectivity index (χ1) is 7.67. The molecule has 1 rings (SSSR count). The van der Waals surface area contributed by atoms with Crippen molar-refractivity contribution in [1.29, 1.82) is 0 Å². The molecule has 0 aliphatic rings. The van der Waals surface area contributed by atoms with Gasteiger partial charge in [-0.2, -0.15) is 0 Å². The molecule has 0 aliphatic carbocycles. The van der Waals surface area contributed by atoms with Crippen LogP contribution in [0.4, 0.5) is 5.69 Å². The van der Waals surface area contributed by atoms with Crippen LogP contribution in [0.2, 0.25) is 0 Å². The van der Waals surface area contributed by atoms with Gasteiger partial charge in [-0.15, -0.1) is 5.23 Å². The predicted octanol–water partition coefficient (Wildman–Crippen LogP) is 3.95. The number of anilines is 1. The van der Waals surface area contributed by atoms with Gasteiger partial charge in [0.15, 0.2) is 0 Å². The van der Waals surface area contributed by atoms with Crippen molar-refractivity contribution < 1.29 is 9.68 Å². The normalized spacial score (nSPS) is 12.6. The van der Waals surface area contributed by atoms with Gasteiger partial charge in [0.1, 0.15) is 0 Å². The first kappa shape index (κ1) is 14.0. The zero-order chi connectivity index (χ0) is 13.1. The molecule has 96 valence electrons. The van der Waals surface area contributed by atoms with Gasteiger partial charge in [-0.05, 0) is 53.7 Å². The Balaban J connectivity index is 2.87. The van der Waals surface area contributed by atoms with Crippen LogP contribution in [0.1, 0.15) is 41.5 Å². The SMILES string of the molecule is CC(C)(C)ON(OC(C)(C)C)c1ccccc1. The fourth-order valence-corrected chi connectivity index (χ4v) is 1.17. The van der Waals surface area contributed by atoms with E-state index in [-0.39, 0.29) is 11.2 Å². The lowest BCUT2D eigenvalue weighted by atomic mass is 10.2. The highest BCUT2D eigenvalue weighted by Crippen LogP contribution is 2.23. The van der Waals surface area contributed by atoms with Crippen molar-refractivity contribution in [3.63, 3.8) is 0 Å². The van der Waals surface area contributed by atoms with Crippen LogP contribution in [-0.4, -0.2) is 11.2 Å². The van der Waals surface area contributed by atoms with E-state index in [1.165, 1.54) is 5.23 Å². The average molecular weight is 237 g/mol. The van der Waals surface area contributed by atoms with Gasteiger partial charge in [0, 0.05) is 0 Å². The molecule has 0 radical (unpaired) electrons. The third-order valence-corrected chi connectivity index (χ3v) is 1.68. The highest BCUT2D eigenvalue weighted by atomic mass is 17.0. The van der Waals surface area contributed by atoms with Gasteiger partial charge in [-0.25, -0.2) is 9.68 Å². The number of nitrogens with zero attached hydrogens (tertiary/aromatic N) is 1. The molecule has 3 heteroatoms. The molecule has 0 saturated carbocycles. The smallest absolute Gasteiger partial charge is 0.0947 e. The minimum absolute atomic E-state index is 0.304. The van der Waals surface area contributed by atoms with Gasteiger partial charge in [0.05, 0.1) is 16.9 Å². The molecular formula is C14H23NO2. The highest BCUT2D eigenvalue weighted by Gasteiger charge is 2.23. The maximum Gasteiger partial charge on any atom is 0.0947 e. The number of hydrogen-bond acceptors (Lipinski definition) is 3. The van der Waals surface area contributed by atoms with E-state index < -0.39 is 0 Å². The molecule has 0 aliphatic heterocycles. The van der Waals surface area contributed by atoms with Crippen LogP contribution in [0.3, 0.4) is 0 Å². The molecule has 3 nitrogen and oxygen atoms in total. The summed E-state index contributed by atoms with van der Waals surface area (Å²) in [4.78, 5) is 11.6. The van der Waals surface area contributed by atoms with E-state index in [0.717, 1.165) is 5.69 Å². The lowest BCUT2D eigenvalue weighted by Gasteiger charge is -2.34. The molecule has 0 aromatic heterocycles. The number of benzene rings is 1. The van der Waals surface area contributed by atoms with Gasteiger partial charge in [0.25, 0.3) is 0 Å². The molecule has 17 heavy (non-hydrogen) atoms. The summed E-state index contributed by atoms with van der Waals surface area (Å²) in [5.41, 5.74) is 0.277. The molecule has 0 fully saturated rings. The van der Waals surface area contributed by atoms with Gasteiger partial charge in [-0.3, -0.25) is 0 Å². The molecule has 0 N–H and O–H groups in total. The Morgan fingerprint density at radius 2 is 1.18 bits per heavy atom. The second kappa shape index (κ2) is 5.07. The van der Waals surface area contributed by atoms with Gasteiger partial charge < -0.3 is 0 Å². The Labute approximate surface area is 104 Å². The Morgan fingerprint density at radius 1 is 0.765 bits per heavy atom. The third kappa shape index (κ3) is 5.71. The molecular weight excluding hydrogens is 214 g/mol. The summed E-state index contributed by atoms with van der Waals surface area (Å²) < 4.78 is 0. The molecule has 0 spiro atoms. The Hall–Kier alpha value is -1.06. The summed E-state index contributed by atoms with van der Waals surface area (Å²) in [6.45, 7) is 12.0. The van der Waals surface area contributed by atoms with Crippen LogP contribution in [-0.2, 0) is 9.68 Å². The second-order valence-corrected chi connectivity index (χ2v) is 6.00. The summed E-state index contributed by atoms with van der Waals surface area (Å²) in [6, 6.07) is 9.80. The van der Waals surface area contributed by atoms with Crippen molar-refractivity contribution in [3.05, 3.63) is 30.3 Å². The van der Waals surface area contributed by atoms with Gasteiger partial charge in [-0.1, -0.05) is 18.2 Å². The van der Waals surface area contributed by atoms with Crippen molar-refractivity contribution in [2.24, 2.45) is 0 Å². The quantitative estimate of drug-likeness (QED) is 0.743. The van der Waals surface area contributed by atoms with Crippen molar-refractivity contribution in [1.82, 2.24) is 0 Å². The number of rotatable bonds is 3. The topological polar surface area (TPSA) is 21.7 Å². The van der Waals surface area contributed by atoms with Crippen molar-refractivity contribution in [2.75, 3.05) is 5.23 Å². The average Bonchev–Trinajstić information content (AvgIpc) is 2.14. The lowest BCUT2D eigenvalue weighted by molar-refractivity contribution is -0.192. The molecule has 0 amide bonds. The van der Waals surface area contributed by atoms with Crippen molar-refractivity contribution in [3.8, 4) is 0 Å². The molecule has 0 unspecified atom stereocenters. The van der Waals surface area contributed by atoms with E-state index in [4.69, 9.17) is 9.68 Å². The molecule has 0 atom stereocenters. The first-order valence-corrected chi connectivity index (χ1v) is 5.91. The second-order valence-electron chi connectivity index (χ2n) is 6.00. The molecule has 0 heterocycles. The monoisotopic (exact) mass is 237 g/mol. The Kier molecular flexibility index (Phi) is 4.17. The van der Waals surface area contributed by atoms with Gasteiger partial charge in [0.2, 0.25) is 0 Å². The maximum absolute atomic E-state index is 5.81. The van der Waals surface area contributed by atoms with E-state index in [2.05, 4.69) is 0 Å². The van der Waals surface area contributed by atoms with Crippen LogP contribution in [0.5, 0.6) is 0 Å². The maximum atomic E-state index is 5.81. The largest absolute Gasteiger partial charge is 0.243 e. The van der Waals surface area contributed by atoms with E-state index >= 15 is 0 Å². The molecule has 1 aromatic carbocycles. The summed E-state index contributed by atoms with van der Waals surface area (Å²) in [7, 11) is 0. The Bertz CT molecular complexity index is 319. The zero-order valence-electron chi connectivity index (χ0n) is 11.7.